The zero-order chi connectivity index (χ0) is 20.7. The van der Waals surface area contributed by atoms with Crippen LogP contribution in [0, 0.1) is 12.8 Å². The molecule has 0 unspecified atom stereocenters. The summed E-state index contributed by atoms with van der Waals surface area (Å²) in [4.78, 5) is 24.6. The van der Waals surface area contributed by atoms with Gasteiger partial charge in [0.2, 0.25) is 5.91 Å². The minimum absolute atomic E-state index is 0.0219. The van der Waals surface area contributed by atoms with Gasteiger partial charge in [0.15, 0.2) is 5.58 Å². The van der Waals surface area contributed by atoms with Gasteiger partial charge in [-0.2, -0.15) is 0 Å². The van der Waals surface area contributed by atoms with Gasteiger partial charge < -0.3 is 15.2 Å². The normalized spacial score (nSPS) is 15.9. The van der Waals surface area contributed by atoms with Gasteiger partial charge in [-0.15, -0.1) is 0 Å². The number of nitrogens with one attached hydrogen (secondary N) is 2. The van der Waals surface area contributed by atoms with Crippen LogP contribution in [-0.2, 0) is 11.2 Å². The molecule has 30 heavy (non-hydrogen) atoms. The van der Waals surface area contributed by atoms with Crippen molar-refractivity contribution in [3.63, 3.8) is 0 Å². The van der Waals surface area contributed by atoms with Gasteiger partial charge in [0.1, 0.15) is 5.69 Å². The molecule has 2 aliphatic rings. The van der Waals surface area contributed by atoms with Gasteiger partial charge in [-0.3, -0.25) is 9.59 Å². The zero-order valence-electron chi connectivity index (χ0n) is 17.0. The van der Waals surface area contributed by atoms with Gasteiger partial charge in [0, 0.05) is 23.5 Å². The molecule has 154 valence electrons. The van der Waals surface area contributed by atoms with E-state index in [0.717, 1.165) is 41.5 Å². The highest BCUT2D eigenvalue weighted by Gasteiger charge is 2.24. The summed E-state index contributed by atoms with van der Waals surface area (Å²) >= 11 is 0. The maximum Gasteiger partial charge on any atom is 0.251 e. The van der Waals surface area contributed by atoms with Gasteiger partial charge >= 0.3 is 0 Å². The first-order valence-corrected chi connectivity index (χ1v) is 10.6. The molecule has 0 atom stereocenters. The van der Waals surface area contributed by atoms with Crippen molar-refractivity contribution >= 4 is 22.8 Å². The SMILES string of the molecule is Cc1ccc(C(=O)NC2CC2)cc1-c1ccc2c(CC(=O)NCC3CC3)noc2c1. The van der Waals surface area contributed by atoms with E-state index < -0.39 is 0 Å². The van der Waals surface area contributed by atoms with Crippen LogP contribution in [0.4, 0.5) is 0 Å². The summed E-state index contributed by atoms with van der Waals surface area (Å²) in [5.41, 5.74) is 4.98. The Hall–Kier alpha value is -3.15. The van der Waals surface area contributed by atoms with Crippen molar-refractivity contribution in [3.8, 4) is 11.1 Å². The van der Waals surface area contributed by atoms with Crippen LogP contribution in [0.15, 0.2) is 40.9 Å². The summed E-state index contributed by atoms with van der Waals surface area (Å²) in [6.45, 7) is 2.78. The van der Waals surface area contributed by atoms with Gasteiger partial charge in [-0.1, -0.05) is 17.3 Å². The number of benzene rings is 2. The lowest BCUT2D eigenvalue weighted by Gasteiger charge is -2.10. The maximum absolute atomic E-state index is 12.4. The zero-order valence-corrected chi connectivity index (χ0v) is 17.0. The highest BCUT2D eigenvalue weighted by Crippen LogP contribution is 2.30. The summed E-state index contributed by atoms with van der Waals surface area (Å²) in [6.07, 6.45) is 4.76. The fraction of sp³-hybridized carbons (Fsp3) is 0.375. The molecule has 5 rings (SSSR count). The van der Waals surface area contributed by atoms with E-state index in [1.807, 2.05) is 43.3 Å². The second-order valence-electron chi connectivity index (χ2n) is 8.54. The molecule has 6 nitrogen and oxygen atoms in total. The van der Waals surface area contributed by atoms with Gasteiger partial charge in [-0.25, -0.2) is 0 Å². The first-order chi connectivity index (χ1) is 14.6. The van der Waals surface area contributed by atoms with Crippen molar-refractivity contribution in [2.45, 2.75) is 45.1 Å². The second-order valence-corrected chi connectivity index (χ2v) is 8.54. The minimum atomic E-state index is -0.0287. The number of carbonyl (C=O) groups is 2. The van der Waals surface area contributed by atoms with E-state index in [4.69, 9.17) is 4.52 Å². The third-order valence-corrected chi connectivity index (χ3v) is 5.88. The number of carbonyl (C=O) groups excluding carboxylic acids is 2. The molecule has 6 heteroatoms. The summed E-state index contributed by atoms with van der Waals surface area (Å²) < 4.78 is 5.52. The van der Waals surface area contributed by atoms with Crippen LogP contribution in [0.3, 0.4) is 0 Å². The molecule has 2 N–H and O–H groups in total. The number of nitrogens with zero attached hydrogens (tertiary/aromatic N) is 1. The molecule has 3 aromatic rings. The van der Waals surface area contributed by atoms with Gasteiger partial charge in [0.25, 0.3) is 5.91 Å². The third-order valence-electron chi connectivity index (χ3n) is 5.88. The molecule has 2 saturated carbocycles. The Kier molecular flexibility index (Phi) is 4.77. The number of hydrogen-bond acceptors (Lipinski definition) is 4. The number of rotatable bonds is 7. The average Bonchev–Trinajstić information content (AvgIpc) is 3.67. The van der Waals surface area contributed by atoms with Crippen LogP contribution < -0.4 is 10.6 Å². The summed E-state index contributed by atoms with van der Waals surface area (Å²) in [6, 6.07) is 12.0. The van der Waals surface area contributed by atoms with Gasteiger partial charge in [0.05, 0.1) is 6.42 Å². The summed E-state index contributed by atoms with van der Waals surface area (Å²) in [5.74, 6) is 0.598. The quantitative estimate of drug-likeness (QED) is 0.629. The Morgan fingerprint density at radius 2 is 1.93 bits per heavy atom. The van der Waals surface area contributed by atoms with Crippen LogP contribution >= 0.6 is 0 Å². The van der Waals surface area contributed by atoms with Crippen LogP contribution in [0.5, 0.6) is 0 Å². The van der Waals surface area contributed by atoms with Crippen molar-refractivity contribution in [2.75, 3.05) is 6.54 Å². The topological polar surface area (TPSA) is 84.2 Å². The Balaban J connectivity index is 1.37. The highest BCUT2D eigenvalue weighted by atomic mass is 16.5. The lowest BCUT2D eigenvalue weighted by molar-refractivity contribution is -0.120. The average molecular weight is 403 g/mol. The first-order valence-electron chi connectivity index (χ1n) is 10.6. The van der Waals surface area contributed by atoms with Crippen LogP contribution in [-0.4, -0.2) is 29.6 Å². The molecule has 1 heterocycles. The molecule has 2 aliphatic carbocycles. The Morgan fingerprint density at radius 1 is 1.10 bits per heavy atom. The lowest BCUT2D eigenvalue weighted by Crippen LogP contribution is -2.27. The van der Waals surface area contributed by atoms with E-state index in [1.54, 1.807) is 0 Å². The monoisotopic (exact) mass is 403 g/mol. The lowest BCUT2D eigenvalue weighted by atomic mass is 9.97. The van der Waals surface area contributed by atoms with E-state index >= 15 is 0 Å². The molecule has 2 aromatic carbocycles. The predicted molar refractivity (Wildman–Crippen MR) is 114 cm³/mol. The minimum Gasteiger partial charge on any atom is -0.356 e. The Labute approximate surface area is 175 Å². The van der Waals surface area contributed by atoms with Gasteiger partial charge in [-0.05, 0) is 79.5 Å². The fourth-order valence-corrected chi connectivity index (χ4v) is 3.65. The molecule has 0 bridgehead atoms. The van der Waals surface area contributed by atoms with Crippen molar-refractivity contribution in [2.24, 2.45) is 5.92 Å². The fourth-order valence-electron chi connectivity index (χ4n) is 3.65. The number of fused-ring (bicyclic) bond motifs is 1. The summed E-state index contributed by atoms with van der Waals surface area (Å²) in [5, 5.41) is 11.0. The molecular formula is C24H25N3O3. The van der Waals surface area contributed by atoms with Crippen molar-refractivity contribution in [3.05, 3.63) is 53.2 Å². The number of amides is 2. The standard InChI is InChI=1S/C24H25N3O3/c1-14-2-5-17(24(29)26-18-7-8-18)10-20(14)16-6-9-19-21(27-30-22(19)11-16)12-23(28)25-13-15-3-4-15/h2,5-6,9-11,15,18H,3-4,7-8,12-13H2,1H3,(H,25,28)(H,26,29). The molecular weight excluding hydrogens is 378 g/mol. The highest BCUT2D eigenvalue weighted by molar-refractivity contribution is 5.96. The van der Waals surface area contributed by atoms with E-state index in [2.05, 4.69) is 15.8 Å². The number of aromatic nitrogens is 1. The third kappa shape index (κ3) is 4.08. The number of hydrogen-bond donors (Lipinski definition) is 2. The van der Waals surface area contributed by atoms with E-state index in [0.29, 0.717) is 28.8 Å². The Bertz CT molecular complexity index is 1130. The predicted octanol–water partition coefficient (Wildman–Crippen LogP) is 3.76. The molecule has 0 spiro atoms. The van der Waals surface area contributed by atoms with Crippen molar-refractivity contribution < 1.29 is 14.1 Å². The Morgan fingerprint density at radius 3 is 2.70 bits per heavy atom. The largest absolute Gasteiger partial charge is 0.356 e. The molecule has 2 fully saturated rings. The van der Waals surface area contributed by atoms with E-state index in [-0.39, 0.29) is 18.2 Å². The van der Waals surface area contributed by atoms with Crippen LogP contribution in [0.2, 0.25) is 0 Å². The molecule has 1 aromatic heterocycles. The smallest absolute Gasteiger partial charge is 0.251 e. The van der Waals surface area contributed by atoms with E-state index in [1.165, 1.54) is 12.8 Å². The summed E-state index contributed by atoms with van der Waals surface area (Å²) in [7, 11) is 0. The van der Waals surface area contributed by atoms with Crippen molar-refractivity contribution in [1.29, 1.82) is 0 Å². The van der Waals surface area contributed by atoms with Crippen molar-refractivity contribution in [1.82, 2.24) is 15.8 Å². The first kappa shape index (κ1) is 18.9. The van der Waals surface area contributed by atoms with E-state index in [9.17, 15) is 9.59 Å². The second kappa shape index (κ2) is 7.59. The maximum atomic E-state index is 12.4. The molecule has 2 amide bonds. The molecule has 0 saturated heterocycles. The molecule has 0 radical (unpaired) electrons. The number of aryl methyl sites for hydroxylation is 1. The van der Waals surface area contributed by atoms with Crippen LogP contribution in [0.25, 0.3) is 22.1 Å². The molecule has 0 aliphatic heterocycles. The van der Waals surface area contributed by atoms with Crippen LogP contribution in [0.1, 0.15) is 47.3 Å².